The topological polar surface area (TPSA) is 149 Å². The van der Waals surface area contributed by atoms with Gasteiger partial charge in [0.05, 0.1) is 36.3 Å². The van der Waals surface area contributed by atoms with Gasteiger partial charge < -0.3 is 20.2 Å². The van der Waals surface area contributed by atoms with Crippen LogP contribution in [0, 0.1) is 11.3 Å². The van der Waals surface area contributed by atoms with Gasteiger partial charge in [0.1, 0.15) is 11.2 Å². The van der Waals surface area contributed by atoms with E-state index in [0.717, 1.165) is 24.3 Å². The lowest BCUT2D eigenvalue weighted by Gasteiger charge is -2.30. The molecule has 0 unspecified atom stereocenters. The van der Waals surface area contributed by atoms with Gasteiger partial charge in [-0.2, -0.15) is 5.26 Å². The summed E-state index contributed by atoms with van der Waals surface area (Å²) >= 11 is 0. The fourth-order valence-corrected chi connectivity index (χ4v) is 4.07. The first kappa shape index (κ1) is 21.5. The Hall–Kier alpha value is -4.36. The van der Waals surface area contributed by atoms with Crippen molar-refractivity contribution in [1.82, 2.24) is 30.5 Å². The van der Waals surface area contributed by atoms with E-state index in [9.17, 15) is 5.26 Å². The number of nitriles is 1. The Morgan fingerprint density at radius 2 is 1.91 bits per heavy atom. The Balaban J connectivity index is 1.51. The largest absolute Gasteiger partial charge is 0.496 e. The molecule has 3 N–H and O–H groups in total. The van der Waals surface area contributed by atoms with E-state index in [-0.39, 0.29) is 23.3 Å². The average molecular weight is 454 g/mol. The second-order valence-corrected chi connectivity index (χ2v) is 7.98. The van der Waals surface area contributed by atoms with Gasteiger partial charge in [-0.3, -0.25) is 4.98 Å². The van der Waals surface area contributed by atoms with Crippen LogP contribution in [0.1, 0.15) is 18.5 Å². The van der Waals surface area contributed by atoms with Gasteiger partial charge in [-0.05, 0) is 50.2 Å². The molecule has 34 heavy (non-hydrogen) atoms. The Kier molecular flexibility index (Phi) is 5.61. The van der Waals surface area contributed by atoms with Crippen molar-refractivity contribution in [1.29, 1.82) is 5.26 Å². The fraction of sp³-hybridized carbons (Fsp3) is 0.250. The Labute approximate surface area is 195 Å². The van der Waals surface area contributed by atoms with Gasteiger partial charge in [0.2, 0.25) is 0 Å². The lowest BCUT2D eigenvalue weighted by Crippen LogP contribution is -2.39. The highest BCUT2D eigenvalue weighted by atomic mass is 16.5. The van der Waals surface area contributed by atoms with Gasteiger partial charge >= 0.3 is 0 Å². The molecule has 1 aromatic carbocycles. The molecule has 0 bridgehead atoms. The zero-order valence-electron chi connectivity index (χ0n) is 18.5. The lowest BCUT2D eigenvalue weighted by molar-refractivity contribution is 0.375. The molecule has 1 aliphatic heterocycles. The Morgan fingerprint density at radius 3 is 2.71 bits per heavy atom. The van der Waals surface area contributed by atoms with E-state index in [1.54, 1.807) is 19.5 Å². The second-order valence-electron chi connectivity index (χ2n) is 7.98. The number of nitrogens with two attached hydrogens (primary N) is 1. The molecule has 0 amide bonds. The first-order chi connectivity index (χ1) is 16.6. The fourth-order valence-electron chi connectivity index (χ4n) is 4.07. The van der Waals surface area contributed by atoms with Crippen LogP contribution in [0.3, 0.4) is 0 Å². The smallest absolute Gasteiger partial charge is 0.270 e. The molecule has 0 atom stereocenters. The lowest BCUT2D eigenvalue weighted by atomic mass is 9.77. The van der Waals surface area contributed by atoms with Crippen molar-refractivity contribution in [3.05, 3.63) is 54.5 Å². The first-order valence-electron chi connectivity index (χ1n) is 10.8. The molecule has 4 aromatic rings. The van der Waals surface area contributed by atoms with Crippen LogP contribution in [-0.4, -0.2) is 45.3 Å². The van der Waals surface area contributed by atoms with E-state index < -0.39 is 5.41 Å². The van der Waals surface area contributed by atoms with Gasteiger partial charge in [0.25, 0.3) is 11.8 Å². The van der Waals surface area contributed by atoms with E-state index in [1.807, 2.05) is 36.4 Å². The van der Waals surface area contributed by atoms with Crippen LogP contribution >= 0.6 is 0 Å². The third-order valence-corrected chi connectivity index (χ3v) is 5.98. The number of pyridine rings is 1. The van der Waals surface area contributed by atoms with Crippen LogP contribution in [0.2, 0.25) is 0 Å². The standard InChI is InChI=1S/C24H22N8O2/c1-33-18-5-3-2-4-16(18)22-31-32-23(34-22)20-21(26)29-13-17(30-20)15-6-9-28-19(12-15)24(14-25)7-10-27-11-8-24/h2-6,9,12-13,27H,7-8,10-11H2,1H3,(H2,26,29). The van der Waals surface area contributed by atoms with Crippen molar-refractivity contribution in [2.75, 3.05) is 25.9 Å². The highest BCUT2D eigenvalue weighted by Crippen LogP contribution is 2.35. The zero-order valence-corrected chi connectivity index (χ0v) is 18.5. The predicted octanol–water partition coefficient (Wildman–Crippen LogP) is 2.99. The number of hydrogen-bond acceptors (Lipinski definition) is 10. The highest BCUT2D eigenvalue weighted by molar-refractivity contribution is 5.70. The van der Waals surface area contributed by atoms with Crippen LogP contribution in [0.15, 0.2) is 53.2 Å². The molecule has 5 rings (SSSR count). The predicted molar refractivity (Wildman–Crippen MR) is 124 cm³/mol. The average Bonchev–Trinajstić information content (AvgIpc) is 3.39. The van der Waals surface area contributed by atoms with Crippen LogP contribution in [0.25, 0.3) is 34.3 Å². The maximum Gasteiger partial charge on any atom is 0.270 e. The number of aromatic nitrogens is 5. The summed E-state index contributed by atoms with van der Waals surface area (Å²) < 4.78 is 11.3. The van der Waals surface area contributed by atoms with Crippen LogP contribution in [0.4, 0.5) is 5.82 Å². The quantitative estimate of drug-likeness (QED) is 0.461. The van der Waals surface area contributed by atoms with E-state index in [0.29, 0.717) is 29.8 Å². The number of para-hydroxylation sites is 1. The number of benzene rings is 1. The van der Waals surface area contributed by atoms with Crippen LogP contribution in [0.5, 0.6) is 5.75 Å². The summed E-state index contributed by atoms with van der Waals surface area (Å²) in [7, 11) is 1.58. The molecule has 170 valence electrons. The molecule has 10 heteroatoms. The summed E-state index contributed by atoms with van der Waals surface area (Å²) in [5.74, 6) is 1.21. The van der Waals surface area contributed by atoms with Gasteiger partial charge in [0.15, 0.2) is 11.5 Å². The van der Waals surface area contributed by atoms with E-state index in [1.165, 1.54) is 0 Å². The number of rotatable bonds is 5. The molecule has 0 saturated carbocycles. The summed E-state index contributed by atoms with van der Waals surface area (Å²) in [6, 6.07) is 13.6. The van der Waals surface area contributed by atoms with Gasteiger partial charge in [-0.1, -0.05) is 12.1 Å². The molecule has 1 aliphatic rings. The monoisotopic (exact) mass is 454 g/mol. The third kappa shape index (κ3) is 3.82. The van der Waals surface area contributed by atoms with Crippen molar-refractivity contribution < 1.29 is 9.15 Å². The normalized spacial score (nSPS) is 14.9. The summed E-state index contributed by atoms with van der Waals surface area (Å²) in [5, 5.41) is 21.5. The van der Waals surface area contributed by atoms with Crippen molar-refractivity contribution in [3.63, 3.8) is 0 Å². The number of nitrogen functional groups attached to an aromatic ring is 1. The first-order valence-corrected chi connectivity index (χ1v) is 10.8. The number of piperidine rings is 1. The van der Waals surface area contributed by atoms with Gasteiger partial charge in [0, 0.05) is 11.8 Å². The summed E-state index contributed by atoms with van der Waals surface area (Å²) in [6.07, 6.45) is 4.67. The minimum Gasteiger partial charge on any atom is -0.496 e. The molecule has 0 spiro atoms. The molecular formula is C24H22N8O2. The highest BCUT2D eigenvalue weighted by Gasteiger charge is 2.35. The minimum atomic E-state index is -0.624. The van der Waals surface area contributed by atoms with Crippen LogP contribution in [-0.2, 0) is 5.41 Å². The molecule has 1 fully saturated rings. The van der Waals surface area contributed by atoms with Crippen molar-refractivity contribution in [2.24, 2.45) is 0 Å². The van der Waals surface area contributed by atoms with Crippen molar-refractivity contribution >= 4 is 5.82 Å². The third-order valence-electron chi connectivity index (χ3n) is 5.98. The molecule has 3 aromatic heterocycles. The number of methoxy groups -OCH3 is 1. The number of ether oxygens (including phenoxy) is 1. The summed E-state index contributed by atoms with van der Waals surface area (Å²) in [4.78, 5) is 13.5. The number of hydrogen-bond donors (Lipinski definition) is 2. The number of nitrogens with one attached hydrogen (secondary N) is 1. The second kappa shape index (κ2) is 8.88. The van der Waals surface area contributed by atoms with E-state index in [4.69, 9.17) is 14.9 Å². The zero-order chi connectivity index (χ0) is 23.5. The van der Waals surface area contributed by atoms with Gasteiger partial charge in [-0.15, -0.1) is 10.2 Å². The molecular weight excluding hydrogens is 432 g/mol. The summed E-state index contributed by atoms with van der Waals surface area (Å²) in [5.41, 5.74) is 8.48. The molecule has 0 aliphatic carbocycles. The number of anilines is 1. The molecule has 1 saturated heterocycles. The van der Waals surface area contributed by atoms with E-state index in [2.05, 4.69) is 36.5 Å². The number of nitrogens with zero attached hydrogens (tertiary/aromatic N) is 6. The maximum atomic E-state index is 9.92. The van der Waals surface area contributed by atoms with E-state index >= 15 is 0 Å². The maximum absolute atomic E-state index is 9.92. The Bertz CT molecular complexity index is 1370. The summed E-state index contributed by atoms with van der Waals surface area (Å²) in [6.45, 7) is 1.55. The molecule has 4 heterocycles. The molecule has 0 radical (unpaired) electrons. The van der Waals surface area contributed by atoms with Crippen molar-refractivity contribution in [3.8, 4) is 46.1 Å². The van der Waals surface area contributed by atoms with Crippen LogP contribution < -0.4 is 15.8 Å². The van der Waals surface area contributed by atoms with Gasteiger partial charge in [-0.25, -0.2) is 9.97 Å². The Morgan fingerprint density at radius 1 is 1.12 bits per heavy atom. The van der Waals surface area contributed by atoms with Crippen molar-refractivity contribution in [2.45, 2.75) is 18.3 Å². The molecule has 10 nitrogen and oxygen atoms in total. The minimum absolute atomic E-state index is 0.147. The SMILES string of the molecule is COc1ccccc1-c1nnc(-c2nc(-c3ccnc(C4(C#N)CCNCC4)c3)cnc2N)o1.